The Labute approximate surface area is 783 Å². The van der Waals surface area contributed by atoms with Gasteiger partial charge in [-0.2, -0.15) is 9.59 Å². The van der Waals surface area contributed by atoms with Gasteiger partial charge in [0.1, 0.15) is 42.4 Å². The molecule has 16 saturated heterocycles. The topological polar surface area (TPSA) is 292 Å². The lowest BCUT2D eigenvalue weighted by Gasteiger charge is -2.42. The van der Waals surface area contributed by atoms with E-state index >= 15 is 0 Å². The van der Waals surface area contributed by atoms with Crippen LogP contribution in [0.15, 0.2) is 48.6 Å². The maximum atomic E-state index is 13.5. The van der Waals surface area contributed by atoms with E-state index in [2.05, 4.69) is 135 Å². The van der Waals surface area contributed by atoms with Gasteiger partial charge in [0.05, 0.1) is 116 Å². The van der Waals surface area contributed by atoms with Gasteiger partial charge in [-0.05, 0) is 209 Å². The van der Waals surface area contributed by atoms with Crippen LogP contribution in [0.1, 0.15) is 258 Å². The summed E-state index contributed by atoms with van der Waals surface area (Å²) in [6, 6.07) is 6.98. The normalized spacial score (nSPS) is 40.9. The van der Waals surface area contributed by atoms with Crippen LogP contribution in [0.25, 0.3) is 0 Å². The van der Waals surface area contributed by atoms with Gasteiger partial charge in [0.25, 0.3) is 0 Å². The molecule has 0 aromatic carbocycles. The number of ketones is 1. The van der Waals surface area contributed by atoms with Crippen molar-refractivity contribution in [3.05, 3.63) is 48.6 Å². The van der Waals surface area contributed by atoms with Crippen molar-refractivity contribution < 1.29 is 118 Å². The third kappa shape index (κ3) is 26.5. The Kier molecular flexibility index (Phi) is 40.1. The van der Waals surface area contributed by atoms with Crippen LogP contribution in [0.3, 0.4) is 0 Å². The van der Waals surface area contributed by atoms with Gasteiger partial charge in [-0.15, -0.1) is 0 Å². The predicted molar refractivity (Wildman–Crippen MR) is 507 cm³/mol. The van der Waals surface area contributed by atoms with Crippen LogP contribution >= 0.6 is 14.7 Å². The van der Waals surface area contributed by atoms with Crippen LogP contribution in [0.4, 0.5) is 0 Å². The summed E-state index contributed by atoms with van der Waals surface area (Å²) in [7, 11) is -5.58. The van der Waals surface area contributed by atoms with Crippen LogP contribution in [0.5, 0.6) is 0 Å². The van der Waals surface area contributed by atoms with Gasteiger partial charge in [0.2, 0.25) is 7.37 Å². The molecule has 0 aliphatic carbocycles. The van der Waals surface area contributed by atoms with Crippen molar-refractivity contribution in [3.8, 4) is 0 Å². The van der Waals surface area contributed by atoms with Crippen molar-refractivity contribution in [1.29, 1.82) is 0 Å². The fourth-order valence-electron chi connectivity index (χ4n) is 24.6. The van der Waals surface area contributed by atoms with Gasteiger partial charge in [-0.1, -0.05) is 137 Å². The molecule has 12 bridgehead atoms. The van der Waals surface area contributed by atoms with Crippen molar-refractivity contribution in [2.24, 2.45) is 59.2 Å². The number of hydrogen-bond acceptors (Lipinski definition) is 25. The first-order valence-corrected chi connectivity index (χ1v) is 60.8. The molecule has 0 radical (unpaired) electrons. The summed E-state index contributed by atoms with van der Waals surface area (Å²) < 4.78 is 141. The standard InChI is InChI=1S/C50H85O12PSi.C47H80O9Si.C3H9O2P.CO2/c1-12-64(13-2,14-3)55-28-30(4)22-42-34(8)39(25-36(52)29-63(11,53)54-10)44(58-42)26-43-33(7)31(5)23-37(57-43)17-18-40-32(6)24-38(56-40)19-20-50-27-45-47(62-50)49-48(60-45)46(61-50)35(9)41(59-49)16-15-21-51;1-11-36-32(9)39(22-28(5)27-49-57(12-2,13-3)14-4)52-41(36)25-40-31(8)29(6)23-34(51-40)17-18-37-30(7)24-35(50-37)19-20-47-26-42-44(56-47)46-45(54-42)43(55-47)33(10)38(53-46)16-15-21-48;1-5-6(2,3)4;2-1-3/h30-31,34-35,37-49,51H,6-7,12-29H2,1-5,8-11H3;28-29,32-46,48H,7-8,11-27H2,1-6,9-10H3;1-3H3;/t30-,31+,34+,35?,37?,38?,39+,40-,41-,42+,43+,44?,45+,46-,47-,48-,49-,50+,63?;28-,29+,32+,33?,34?,35?,36+,37-,38-,39+,40+,41?,42+,43-,44-,45-,46-,47+;;/m00../s1. The van der Waals surface area contributed by atoms with E-state index in [1.165, 1.54) is 43.5 Å². The van der Waals surface area contributed by atoms with E-state index in [0.717, 1.165) is 171 Å². The van der Waals surface area contributed by atoms with E-state index in [1.54, 1.807) is 20.0 Å². The molecule has 37 atom stereocenters. The van der Waals surface area contributed by atoms with Crippen LogP contribution in [-0.4, -0.2) is 264 Å². The van der Waals surface area contributed by atoms with Crippen LogP contribution in [-0.2, 0) is 108 Å². The molecule has 130 heavy (non-hydrogen) atoms. The number of aliphatic hydroxyl groups is 2. The zero-order valence-electron chi connectivity index (χ0n) is 83.4. The van der Waals surface area contributed by atoms with Crippen molar-refractivity contribution in [3.63, 3.8) is 0 Å². The van der Waals surface area contributed by atoms with E-state index in [-0.39, 0.29) is 207 Å². The Morgan fingerprint density at radius 1 is 0.469 bits per heavy atom. The summed E-state index contributed by atoms with van der Waals surface area (Å²) in [5.74, 6) is 1.63. The molecule has 16 heterocycles. The second-order valence-electron chi connectivity index (χ2n) is 42.7. The minimum Gasteiger partial charge on any atom is -0.417 e. The molecule has 16 fully saturated rings. The number of aliphatic hydroxyl groups excluding tert-OH is 2. The predicted octanol–water partition coefficient (Wildman–Crippen LogP) is 19.3. The highest BCUT2D eigenvalue weighted by molar-refractivity contribution is 7.59. The highest BCUT2D eigenvalue weighted by atomic mass is 31.2. The van der Waals surface area contributed by atoms with Gasteiger partial charge >= 0.3 is 6.15 Å². The Morgan fingerprint density at radius 3 is 1.21 bits per heavy atom. The lowest BCUT2D eigenvalue weighted by atomic mass is 9.79. The average Bonchev–Trinajstić information content (AvgIpc) is 1.56. The number of ether oxygens (including phenoxy) is 14. The molecule has 16 aliphatic rings. The van der Waals surface area contributed by atoms with E-state index in [9.17, 15) is 24.1 Å². The van der Waals surface area contributed by atoms with E-state index < -0.39 is 42.9 Å². The van der Waals surface area contributed by atoms with Crippen molar-refractivity contribution >= 4 is 43.3 Å². The molecule has 29 heteroatoms. The summed E-state index contributed by atoms with van der Waals surface area (Å²) in [4.78, 5) is 29.7. The molecular formula is C101H174O25P2Si2. The second-order valence-corrected chi connectivity index (χ2v) is 57.8. The molecule has 16 aliphatic heterocycles. The molecule has 0 saturated carbocycles. The summed E-state index contributed by atoms with van der Waals surface area (Å²) >= 11 is 0. The van der Waals surface area contributed by atoms with Crippen molar-refractivity contribution in [1.82, 2.24) is 0 Å². The lowest BCUT2D eigenvalue weighted by molar-refractivity contribution is -0.263. The van der Waals surface area contributed by atoms with Gasteiger partial charge in [0, 0.05) is 117 Å². The van der Waals surface area contributed by atoms with Crippen LogP contribution in [0, 0.1) is 59.2 Å². The van der Waals surface area contributed by atoms with E-state index in [4.69, 9.17) is 89.3 Å². The summed E-state index contributed by atoms with van der Waals surface area (Å²) in [5.41, 5.74) is 4.65. The third-order valence-electron chi connectivity index (χ3n) is 33.6. The quantitative estimate of drug-likeness (QED) is 0.0325. The number of Topliss-reactive ketones (excluding diaryl/α,β-unsaturated/α-hetero) is 1. The monoisotopic (exact) mass is 1910 g/mol. The number of carbonyl (C=O) groups is 1. The highest BCUT2D eigenvalue weighted by Crippen LogP contribution is 2.58. The lowest BCUT2D eigenvalue weighted by Crippen LogP contribution is -2.54. The van der Waals surface area contributed by atoms with Gasteiger partial charge in [-0.25, -0.2) is 0 Å². The molecule has 746 valence electrons. The molecule has 9 unspecified atom stereocenters. The van der Waals surface area contributed by atoms with E-state index in [1.807, 2.05) is 0 Å². The minimum absolute atomic E-state index is 0.0111. The molecule has 0 spiro atoms. The zero-order chi connectivity index (χ0) is 94.7. The molecular weight excluding hydrogens is 1730 g/mol. The first kappa shape index (κ1) is 109. The SMILES string of the molecule is C=C1CC(CC[C@@]23C[C@H]4O[C@@H]5[C@@H](O[C@@H](CCCO)C(C)[C@@H]5O2)[C@H]4O3)O[C@H]1CCC1C[C@@H](C)C(=C)[C@@H](CC2O[C@H](C[C@H](C)CO[Si](CC)(CC)CC)[C@H](C)[C@H]2CC(=O)CP(C)(=O)OC)O1.C=C1CC(CC[C@@]23C[C@H]4O[C@@H]5[C@@H](O[C@@H](CCCO)C(C)[C@@H]5O2)[C@H]4O3)O[C@H]1CCC1C[C@@H](C)C(=C)[C@@H](CC2O[C@H](C[C@H](C)CO[Si](CC)(CC)CC)[C@H](C)[C@H]2CC)O1.COP(C)(C)=O.O=C=O. The Hall–Kier alpha value is -1.90. The smallest absolute Gasteiger partial charge is 0.373 e. The molecule has 16 rings (SSSR count). The Balaban J connectivity index is 0.000000231. The number of hydrogen-bond donors (Lipinski definition) is 2. The van der Waals surface area contributed by atoms with Crippen molar-refractivity contribution in [2.75, 3.05) is 66.8 Å². The minimum atomic E-state index is -3.00. The first-order valence-electron chi connectivity index (χ1n) is 51.0. The summed E-state index contributed by atoms with van der Waals surface area (Å²) in [5, 5.41) is 18.9. The second kappa shape index (κ2) is 48.0. The molecule has 0 aromatic heterocycles. The van der Waals surface area contributed by atoms with Crippen LogP contribution in [0.2, 0.25) is 36.3 Å². The van der Waals surface area contributed by atoms with Gasteiger partial charge < -0.3 is 94.4 Å². The highest BCUT2D eigenvalue weighted by Gasteiger charge is 2.69. The molecule has 0 aromatic rings. The molecule has 2 N–H and O–H groups in total. The summed E-state index contributed by atoms with van der Waals surface area (Å²) in [6.07, 6.45) is 19.8. The fraction of sp³-hybridized carbons (Fsp3) is 0.901. The van der Waals surface area contributed by atoms with Crippen LogP contribution < -0.4 is 0 Å². The largest absolute Gasteiger partial charge is 0.417 e. The van der Waals surface area contributed by atoms with Gasteiger partial charge in [0.15, 0.2) is 35.6 Å². The fourth-order valence-corrected chi connectivity index (χ4v) is 31.0. The third-order valence-corrected chi connectivity index (χ3v) is 45.4. The zero-order valence-corrected chi connectivity index (χ0v) is 87.2. The first-order chi connectivity index (χ1) is 61.8. The van der Waals surface area contributed by atoms with Crippen molar-refractivity contribution in [2.45, 2.75) is 452 Å². The molecule has 25 nitrogen and oxygen atoms in total. The Morgan fingerprint density at radius 2 is 0.838 bits per heavy atom. The number of carbonyl (C=O) groups excluding carboxylic acids is 3. The van der Waals surface area contributed by atoms with E-state index in [0.29, 0.717) is 55.3 Å². The van der Waals surface area contributed by atoms with Gasteiger partial charge in [-0.3, -0.25) is 13.9 Å². The average molecular weight is 1910 g/mol. The molecule has 0 amide bonds. The summed E-state index contributed by atoms with van der Waals surface area (Å²) in [6.45, 7) is 59.0. The Bertz CT molecular complexity index is 3750. The maximum Gasteiger partial charge on any atom is 0.373 e. The maximum absolute atomic E-state index is 13.5. The number of rotatable bonds is 45.